The quantitative estimate of drug-likeness (QED) is 0.252. The molecule has 7 nitrogen and oxygen atoms in total. The lowest BCUT2D eigenvalue weighted by molar-refractivity contribution is -0.146. The number of amides is 2. The number of carbonyl (C=O) groups is 2. The highest BCUT2D eigenvalue weighted by Crippen LogP contribution is 2.17. The third-order valence-corrected chi connectivity index (χ3v) is 5.07. The van der Waals surface area contributed by atoms with Crippen molar-refractivity contribution in [3.8, 4) is 0 Å². The van der Waals surface area contributed by atoms with Gasteiger partial charge in [-0.2, -0.15) is 0 Å². The minimum Gasteiger partial charge on any atom is -0.487 e. The van der Waals surface area contributed by atoms with Gasteiger partial charge in [-0.05, 0) is 32.6 Å². The summed E-state index contributed by atoms with van der Waals surface area (Å²) in [6.45, 7) is 4.84. The third kappa shape index (κ3) is 8.89. The molecule has 0 aromatic heterocycles. The highest BCUT2D eigenvalue weighted by Gasteiger charge is 2.33. The van der Waals surface area contributed by atoms with Crippen LogP contribution in [0.1, 0.15) is 78.1 Å². The summed E-state index contributed by atoms with van der Waals surface area (Å²) in [7, 11) is 0. The van der Waals surface area contributed by atoms with Crippen LogP contribution in [0, 0.1) is 0 Å². The zero-order chi connectivity index (χ0) is 20.8. The Labute approximate surface area is 168 Å². The van der Waals surface area contributed by atoms with Gasteiger partial charge in [-0.1, -0.05) is 39.0 Å². The van der Waals surface area contributed by atoms with E-state index in [1.807, 2.05) is 12.9 Å². The number of ether oxygens (including phenoxy) is 1. The first-order valence-corrected chi connectivity index (χ1v) is 10.6. The molecule has 0 aliphatic carbocycles. The molecule has 2 N–H and O–H groups in total. The molecule has 160 valence electrons. The van der Waals surface area contributed by atoms with E-state index >= 15 is 0 Å². The Bertz CT molecular complexity index is 531. The minimum atomic E-state index is -0.475. The van der Waals surface area contributed by atoms with Crippen LogP contribution in [0.15, 0.2) is 5.76 Å². The van der Waals surface area contributed by atoms with Crippen LogP contribution in [0.2, 0.25) is 0 Å². The number of rotatable bonds is 15. The van der Waals surface area contributed by atoms with Crippen LogP contribution in [-0.2, 0) is 19.1 Å². The molecule has 0 aromatic rings. The van der Waals surface area contributed by atoms with Crippen LogP contribution in [0.4, 0.5) is 0 Å². The number of unbranched alkanes of at least 4 members (excludes halogenated alkanes) is 4. The van der Waals surface area contributed by atoms with Gasteiger partial charge < -0.3 is 20.1 Å². The number of nitrogens with one attached hydrogen (secondary N) is 1. The maximum absolute atomic E-state index is 12.3. The van der Waals surface area contributed by atoms with E-state index in [4.69, 9.17) is 4.74 Å². The summed E-state index contributed by atoms with van der Waals surface area (Å²) >= 11 is 0. The molecule has 0 aromatic carbocycles. The lowest BCUT2D eigenvalue weighted by Crippen LogP contribution is -2.58. The van der Waals surface area contributed by atoms with Crippen LogP contribution in [-0.4, -0.2) is 59.6 Å². The van der Waals surface area contributed by atoms with E-state index in [-0.39, 0.29) is 18.4 Å². The molecule has 0 spiro atoms. The predicted octanol–water partition coefficient (Wildman–Crippen LogP) is 2.35. The first kappa shape index (κ1) is 24.2. The molecule has 1 heterocycles. The second-order valence-corrected chi connectivity index (χ2v) is 7.32. The van der Waals surface area contributed by atoms with Crippen molar-refractivity contribution in [2.24, 2.45) is 0 Å². The zero-order valence-electron chi connectivity index (χ0n) is 17.4. The van der Waals surface area contributed by atoms with Gasteiger partial charge in [0.05, 0.1) is 19.3 Å². The highest BCUT2D eigenvalue weighted by molar-refractivity contribution is 5.94. The molecule has 0 saturated carbocycles. The van der Waals surface area contributed by atoms with Gasteiger partial charge >= 0.3 is 0 Å². The topological polar surface area (TPSA) is 95.9 Å². The third-order valence-electron chi connectivity index (χ3n) is 5.07. The number of nitrogens with zero attached hydrogens (tertiary/aromatic N) is 1. The van der Waals surface area contributed by atoms with Gasteiger partial charge in [-0.3, -0.25) is 9.59 Å². The van der Waals surface area contributed by atoms with Gasteiger partial charge in [-0.25, -0.2) is 4.79 Å². The van der Waals surface area contributed by atoms with E-state index in [0.717, 1.165) is 44.9 Å². The van der Waals surface area contributed by atoms with E-state index in [9.17, 15) is 19.5 Å². The Morgan fingerprint density at radius 3 is 2.68 bits per heavy atom. The molecule has 2 amide bonds. The van der Waals surface area contributed by atoms with Gasteiger partial charge in [0.1, 0.15) is 6.04 Å². The summed E-state index contributed by atoms with van der Waals surface area (Å²) in [5.41, 5.74) is 0. The second-order valence-electron chi connectivity index (χ2n) is 7.32. The van der Waals surface area contributed by atoms with Crippen molar-refractivity contribution in [2.75, 3.05) is 19.7 Å². The van der Waals surface area contributed by atoms with Crippen molar-refractivity contribution in [3.63, 3.8) is 0 Å². The Kier molecular flexibility index (Phi) is 12.3. The molecule has 0 bridgehead atoms. The number of hydrogen-bond acceptors (Lipinski definition) is 5. The van der Waals surface area contributed by atoms with Crippen molar-refractivity contribution in [1.82, 2.24) is 10.2 Å². The molecule has 7 heteroatoms. The fraction of sp³-hybridized carbons (Fsp3) is 0.810. The Morgan fingerprint density at radius 1 is 1.21 bits per heavy atom. The number of piperazine rings is 1. The maximum atomic E-state index is 12.3. The van der Waals surface area contributed by atoms with Crippen LogP contribution in [0.5, 0.6) is 0 Å². The maximum Gasteiger partial charge on any atom is 0.243 e. The normalized spacial score (nSPS) is 17.8. The molecule has 1 aliphatic rings. The van der Waals surface area contributed by atoms with Gasteiger partial charge in [-0.15, -0.1) is 0 Å². The Balaban J connectivity index is 2.43. The van der Waals surface area contributed by atoms with Gasteiger partial charge in [0.25, 0.3) is 0 Å². The molecular formula is C21H36N2O5. The van der Waals surface area contributed by atoms with Crippen molar-refractivity contribution >= 4 is 17.8 Å². The number of aliphatic hydroxyl groups excluding tert-OH is 1. The molecular weight excluding hydrogens is 360 g/mol. The van der Waals surface area contributed by atoms with Crippen LogP contribution < -0.4 is 5.32 Å². The van der Waals surface area contributed by atoms with Crippen LogP contribution >= 0.6 is 0 Å². The van der Waals surface area contributed by atoms with Crippen molar-refractivity contribution < 1.29 is 24.2 Å². The average Bonchev–Trinajstić information content (AvgIpc) is 2.68. The number of allylic oxidation sites excluding steroid dienone is 1. The summed E-state index contributed by atoms with van der Waals surface area (Å²) in [5.74, 6) is 1.94. The summed E-state index contributed by atoms with van der Waals surface area (Å²) in [6.07, 6.45) is 7.50. The minimum absolute atomic E-state index is 0.0309. The van der Waals surface area contributed by atoms with E-state index in [1.54, 1.807) is 4.90 Å². The average molecular weight is 397 g/mol. The summed E-state index contributed by atoms with van der Waals surface area (Å²) in [6, 6.07) is -0.475. The van der Waals surface area contributed by atoms with Gasteiger partial charge in [0, 0.05) is 13.0 Å². The Hall–Kier alpha value is -1.85. The zero-order valence-corrected chi connectivity index (χ0v) is 17.4. The molecule has 0 radical (unpaired) electrons. The lowest BCUT2D eigenvalue weighted by atomic mass is 10.0. The molecule has 2 unspecified atom stereocenters. The van der Waals surface area contributed by atoms with Crippen LogP contribution in [0.25, 0.3) is 0 Å². The molecule has 1 aliphatic heterocycles. The van der Waals surface area contributed by atoms with E-state index in [0.29, 0.717) is 38.2 Å². The number of carbonyl (C=O) groups excluding carboxylic acids is 3. The van der Waals surface area contributed by atoms with Gasteiger partial charge in [0.15, 0.2) is 11.7 Å². The summed E-state index contributed by atoms with van der Waals surface area (Å²) < 4.78 is 5.18. The van der Waals surface area contributed by atoms with Crippen molar-refractivity contribution in [1.29, 1.82) is 0 Å². The SMILES string of the molecule is CCCCCC(O)CCN1C(=O)CNC(=O)C1CCCCCC(=C=O)OCC. The highest BCUT2D eigenvalue weighted by atomic mass is 16.5. The Morgan fingerprint density at radius 2 is 2.00 bits per heavy atom. The first-order chi connectivity index (χ1) is 13.5. The molecule has 1 saturated heterocycles. The van der Waals surface area contributed by atoms with Crippen molar-refractivity contribution in [2.45, 2.75) is 90.2 Å². The fourth-order valence-electron chi connectivity index (χ4n) is 3.45. The largest absolute Gasteiger partial charge is 0.487 e. The molecule has 28 heavy (non-hydrogen) atoms. The molecule has 1 fully saturated rings. The predicted molar refractivity (Wildman–Crippen MR) is 107 cm³/mol. The van der Waals surface area contributed by atoms with E-state index < -0.39 is 12.1 Å². The first-order valence-electron chi connectivity index (χ1n) is 10.6. The summed E-state index contributed by atoms with van der Waals surface area (Å²) in [4.78, 5) is 36.9. The molecule has 1 rings (SSSR count). The lowest BCUT2D eigenvalue weighted by Gasteiger charge is -2.35. The van der Waals surface area contributed by atoms with E-state index in [1.165, 1.54) is 0 Å². The number of hydrogen-bond donors (Lipinski definition) is 2. The van der Waals surface area contributed by atoms with E-state index in [2.05, 4.69) is 12.2 Å². The van der Waals surface area contributed by atoms with Crippen LogP contribution in [0.3, 0.4) is 0 Å². The second kappa shape index (κ2) is 14.2. The summed E-state index contributed by atoms with van der Waals surface area (Å²) in [5, 5.41) is 12.8. The number of aliphatic hydroxyl groups is 1. The smallest absolute Gasteiger partial charge is 0.243 e. The molecule has 2 atom stereocenters. The fourth-order valence-corrected chi connectivity index (χ4v) is 3.45. The monoisotopic (exact) mass is 396 g/mol. The standard InChI is InChI=1S/C21H36N2O5/c1-3-5-7-10-17(25)13-14-23-19(21(27)22-15-20(23)26)12-9-6-8-11-18(16-24)28-4-2/h17,19,25H,3-15H2,1-2H3,(H,22,27). The van der Waals surface area contributed by atoms with Gasteiger partial charge in [0.2, 0.25) is 11.8 Å². The van der Waals surface area contributed by atoms with Crippen molar-refractivity contribution in [3.05, 3.63) is 5.76 Å².